The maximum Gasteiger partial charge on any atom is 0.296 e. The highest BCUT2D eigenvalue weighted by Gasteiger charge is 2.38. The summed E-state index contributed by atoms with van der Waals surface area (Å²) >= 11 is 6.58. The van der Waals surface area contributed by atoms with Crippen LogP contribution in [0.15, 0.2) is 93.5 Å². The Morgan fingerprint density at radius 2 is 1.60 bits per heavy atom. The van der Waals surface area contributed by atoms with Crippen molar-refractivity contribution in [3.8, 4) is 23.1 Å². The van der Waals surface area contributed by atoms with Gasteiger partial charge in [-0.05, 0) is 61.5 Å². The van der Waals surface area contributed by atoms with Gasteiger partial charge in [-0.1, -0.05) is 48.2 Å². The van der Waals surface area contributed by atoms with Crippen LogP contribution in [0.4, 0.5) is 5.69 Å². The fourth-order valence-corrected chi connectivity index (χ4v) is 5.89. The molecule has 10 nitrogen and oxygen atoms in total. The zero-order valence-corrected chi connectivity index (χ0v) is 24.3. The smallest absolute Gasteiger partial charge is 0.296 e. The molecule has 0 radical (unpaired) electrons. The standard InChI is InChI=1S/C30H23N5O5S2/c1-18-25(29(38)35(32(18)2)19-9-5-4-6-10-19)34-28(37)23(42-30(34)41)17-22-26(40-21-14-12-20(39-3)13-15-21)31-24-11-7-8-16-33(24)27(22)36/h4-17H,1-3H3. The molecule has 6 rings (SSSR count). The second-order valence-corrected chi connectivity index (χ2v) is 10.9. The first-order valence-corrected chi connectivity index (χ1v) is 14.0. The lowest BCUT2D eigenvalue weighted by atomic mass is 10.2. The number of carbonyl (C=O) groups excluding carboxylic acids is 1. The molecule has 210 valence electrons. The predicted molar refractivity (Wildman–Crippen MR) is 166 cm³/mol. The van der Waals surface area contributed by atoms with Gasteiger partial charge in [0.1, 0.15) is 28.4 Å². The molecule has 0 saturated carbocycles. The Morgan fingerprint density at radius 1 is 0.905 bits per heavy atom. The molecular weight excluding hydrogens is 574 g/mol. The molecule has 0 aliphatic carbocycles. The number of fused-ring (bicyclic) bond motifs is 1. The number of hydrogen-bond acceptors (Lipinski definition) is 8. The minimum Gasteiger partial charge on any atom is -0.497 e. The summed E-state index contributed by atoms with van der Waals surface area (Å²) in [6, 6.07) is 21.1. The third-order valence-electron chi connectivity index (χ3n) is 6.82. The Balaban J connectivity index is 1.45. The lowest BCUT2D eigenvalue weighted by Crippen LogP contribution is -2.33. The number of amides is 1. The fourth-order valence-electron chi connectivity index (χ4n) is 4.64. The van der Waals surface area contributed by atoms with Crippen LogP contribution in [0.3, 0.4) is 0 Å². The van der Waals surface area contributed by atoms with Gasteiger partial charge in [-0.25, -0.2) is 4.68 Å². The molecular formula is C30H23N5O5S2. The van der Waals surface area contributed by atoms with Crippen molar-refractivity contribution in [2.75, 3.05) is 12.0 Å². The first kappa shape index (κ1) is 27.2. The van der Waals surface area contributed by atoms with Gasteiger partial charge in [-0.2, -0.15) is 4.98 Å². The van der Waals surface area contributed by atoms with Crippen molar-refractivity contribution in [2.45, 2.75) is 6.92 Å². The van der Waals surface area contributed by atoms with E-state index in [0.29, 0.717) is 28.5 Å². The SMILES string of the molecule is COc1ccc(Oc2nc3ccccn3c(=O)c2C=C2SC(=S)N(c3c(C)n(C)n(-c4ccccc4)c3=O)C2=O)cc1. The summed E-state index contributed by atoms with van der Waals surface area (Å²) in [6.45, 7) is 1.75. The lowest BCUT2D eigenvalue weighted by molar-refractivity contribution is -0.113. The number of rotatable bonds is 6. The van der Waals surface area contributed by atoms with E-state index in [-0.39, 0.29) is 26.4 Å². The molecule has 12 heteroatoms. The van der Waals surface area contributed by atoms with Crippen molar-refractivity contribution in [1.29, 1.82) is 0 Å². The van der Waals surface area contributed by atoms with Gasteiger partial charge in [0.15, 0.2) is 4.32 Å². The maximum atomic E-state index is 13.8. The van der Waals surface area contributed by atoms with Gasteiger partial charge in [0.2, 0.25) is 5.88 Å². The molecule has 4 heterocycles. The van der Waals surface area contributed by atoms with E-state index in [2.05, 4.69) is 4.98 Å². The van der Waals surface area contributed by atoms with Gasteiger partial charge in [-0.3, -0.25) is 28.4 Å². The van der Waals surface area contributed by atoms with Crippen molar-refractivity contribution in [3.63, 3.8) is 0 Å². The van der Waals surface area contributed by atoms with Crippen LogP contribution < -0.4 is 25.5 Å². The molecule has 0 bridgehead atoms. The number of thiocarbonyl (C=S) groups is 1. The van der Waals surface area contributed by atoms with Crippen molar-refractivity contribution >= 4 is 51.6 Å². The molecule has 0 spiro atoms. The third-order valence-corrected chi connectivity index (χ3v) is 8.13. The lowest BCUT2D eigenvalue weighted by Gasteiger charge is -2.12. The number of pyridine rings is 1. The highest BCUT2D eigenvalue weighted by Crippen LogP contribution is 2.37. The average molecular weight is 598 g/mol. The zero-order chi connectivity index (χ0) is 29.5. The number of benzene rings is 2. The van der Waals surface area contributed by atoms with E-state index in [4.69, 9.17) is 21.7 Å². The number of para-hydroxylation sites is 1. The van der Waals surface area contributed by atoms with Crippen LogP contribution in [0.1, 0.15) is 11.3 Å². The summed E-state index contributed by atoms with van der Waals surface area (Å²) < 4.78 is 15.9. The number of thioether (sulfide) groups is 1. The third kappa shape index (κ3) is 4.60. The first-order chi connectivity index (χ1) is 20.3. The largest absolute Gasteiger partial charge is 0.497 e. The van der Waals surface area contributed by atoms with E-state index in [1.54, 1.807) is 86.6 Å². The van der Waals surface area contributed by atoms with Crippen molar-refractivity contribution in [1.82, 2.24) is 18.7 Å². The maximum absolute atomic E-state index is 13.8. The van der Waals surface area contributed by atoms with E-state index >= 15 is 0 Å². The van der Waals surface area contributed by atoms with Gasteiger partial charge >= 0.3 is 0 Å². The van der Waals surface area contributed by atoms with Crippen LogP contribution in [-0.2, 0) is 11.8 Å². The summed E-state index contributed by atoms with van der Waals surface area (Å²) in [4.78, 5) is 47.0. The molecule has 1 fully saturated rings. The Bertz CT molecular complexity index is 2030. The fraction of sp³-hybridized carbons (Fsp3) is 0.100. The highest BCUT2D eigenvalue weighted by atomic mass is 32.2. The van der Waals surface area contributed by atoms with Crippen LogP contribution in [0, 0.1) is 6.92 Å². The Kier molecular flexibility index (Phi) is 7.01. The molecule has 2 aromatic carbocycles. The molecule has 1 aliphatic rings. The van der Waals surface area contributed by atoms with E-state index in [1.165, 1.54) is 20.1 Å². The van der Waals surface area contributed by atoms with Crippen molar-refractivity contribution < 1.29 is 14.3 Å². The Morgan fingerprint density at radius 3 is 2.31 bits per heavy atom. The number of hydrogen-bond donors (Lipinski definition) is 0. The van der Waals surface area contributed by atoms with Gasteiger partial charge in [0.05, 0.1) is 23.4 Å². The van der Waals surface area contributed by atoms with Crippen LogP contribution >= 0.6 is 24.0 Å². The van der Waals surface area contributed by atoms with Gasteiger partial charge < -0.3 is 9.47 Å². The number of methoxy groups -OCH3 is 1. The van der Waals surface area contributed by atoms with Gasteiger partial charge in [0, 0.05) is 13.2 Å². The normalized spacial score (nSPS) is 14.3. The summed E-state index contributed by atoms with van der Waals surface area (Å²) in [5.41, 5.74) is 0.952. The first-order valence-electron chi connectivity index (χ1n) is 12.7. The molecule has 3 aromatic heterocycles. The van der Waals surface area contributed by atoms with Gasteiger partial charge in [0.25, 0.3) is 17.0 Å². The number of nitrogens with zero attached hydrogens (tertiary/aromatic N) is 5. The Hall–Kier alpha value is -4.94. The highest BCUT2D eigenvalue weighted by molar-refractivity contribution is 8.27. The second-order valence-electron chi connectivity index (χ2n) is 9.27. The quantitative estimate of drug-likeness (QED) is 0.205. The predicted octanol–water partition coefficient (Wildman–Crippen LogP) is 4.70. The van der Waals surface area contributed by atoms with E-state index in [9.17, 15) is 14.4 Å². The molecule has 1 amide bonds. The summed E-state index contributed by atoms with van der Waals surface area (Å²) in [7, 11) is 3.30. The average Bonchev–Trinajstić information content (AvgIpc) is 3.39. The van der Waals surface area contributed by atoms with Crippen molar-refractivity contribution in [2.24, 2.45) is 7.05 Å². The van der Waals surface area contributed by atoms with Crippen LogP contribution in [0.25, 0.3) is 17.4 Å². The molecule has 0 N–H and O–H groups in total. The van der Waals surface area contributed by atoms with E-state index in [0.717, 1.165) is 11.8 Å². The summed E-state index contributed by atoms with van der Waals surface area (Å²) in [6.07, 6.45) is 3.00. The van der Waals surface area contributed by atoms with Crippen LogP contribution in [-0.4, -0.2) is 36.1 Å². The topological polar surface area (TPSA) is 100 Å². The minimum absolute atomic E-state index is 0.0176. The van der Waals surface area contributed by atoms with Gasteiger partial charge in [-0.15, -0.1) is 0 Å². The van der Waals surface area contributed by atoms with Crippen molar-refractivity contribution in [3.05, 3.63) is 116 Å². The van der Waals surface area contributed by atoms with Crippen LogP contribution in [0.2, 0.25) is 0 Å². The molecule has 0 atom stereocenters. The molecule has 1 saturated heterocycles. The molecule has 5 aromatic rings. The van der Waals surface area contributed by atoms with E-state index in [1.807, 2.05) is 18.2 Å². The molecule has 1 aliphatic heterocycles. The number of anilines is 1. The van der Waals surface area contributed by atoms with Crippen LogP contribution in [0.5, 0.6) is 17.4 Å². The number of carbonyl (C=O) groups is 1. The second kappa shape index (κ2) is 10.8. The number of ether oxygens (including phenoxy) is 2. The Labute approximate surface area is 249 Å². The summed E-state index contributed by atoms with van der Waals surface area (Å²) in [5, 5.41) is 0. The van der Waals surface area contributed by atoms with E-state index < -0.39 is 17.0 Å². The zero-order valence-electron chi connectivity index (χ0n) is 22.7. The number of aromatic nitrogens is 4. The molecule has 0 unspecified atom stereocenters. The summed E-state index contributed by atoms with van der Waals surface area (Å²) in [5.74, 6) is 0.555. The monoisotopic (exact) mass is 597 g/mol. The minimum atomic E-state index is -0.524. The molecule has 42 heavy (non-hydrogen) atoms.